The zero-order valence-electron chi connectivity index (χ0n) is 24.0. The molecule has 2 heterocycles. The van der Waals surface area contributed by atoms with E-state index >= 15 is 0 Å². The first-order valence-corrected chi connectivity index (χ1v) is 14.2. The zero-order valence-corrected chi connectivity index (χ0v) is 24.0. The van der Waals surface area contributed by atoms with Crippen LogP contribution in [0.25, 0.3) is 0 Å². The number of hydrogen-bond donors (Lipinski definition) is 4. The molecule has 0 bridgehead atoms. The maximum Gasteiger partial charge on any atom is 0.336 e. The van der Waals surface area contributed by atoms with Crippen molar-refractivity contribution in [3.05, 3.63) is 34.4 Å². The van der Waals surface area contributed by atoms with E-state index in [2.05, 4.69) is 26.8 Å². The van der Waals surface area contributed by atoms with Gasteiger partial charge in [0.25, 0.3) is 0 Å². The lowest BCUT2D eigenvalue weighted by Crippen LogP contribution is -2.75. The third kappa shape index (κ3) is 2.62. The van der Waals surface area contributed by atoms with Crippen LogP contribution in [0.5, 0.6) is 0 Å². The molecule has 38 heavy (non-hydrogen) atoms. The molecule has 210 valence electrons. The molecule has 4 aliphatic carbocycles. The van der Waals surface area contributed by atoms with Gasteiger partial charge in [-0.3, -0.25) is 0 Å². The highest BCUT2D eigenvalue weighted by Gasteiger charge is 2.75. The Hall–Kier alpha value is -1.51. The van der Waals surface area contributed by atoms with Gasteiger partial charge in [-0.1, -0.05) is 47.6 Å². The number of aliphatic hydroxyl groups excluding tert-OH is 3. The van der Waals surface area contributed by atoms with Gasteiger partial charge in [0.05, 0.1) is 23.7 Å². The number of allylic oxidation sites excluding steroid dienone is 2. The van der Waals surface area contributed by atoms with E-state index in [1.165, 1.54) is 0 Å². The van der Waals surface area contributed by atoms with Gasteiger partial charge in [0.1, 0.15) is 11.7 Å². The molecular weight excluding hydrogens is 484 g/mol. The standard InChI is InChI=1S/C31H44O7/c1-15-13-30(17(3)16(2)25(35)38-30)37-20-14-28(7)19-11-23(34)31(36)26(4,5)21(32)12-22(33)29(31,8)18(19)9-10-27(28,6)24(15)20/h9,11,15,20-24,32-34,36H,10,12-14H2,1-8H3. The molecule has 0 aromatic carbocycles. The molecule has 7 nitrogen and oxygen atoms in total. The maximum absolute atomic E-state index is 12.5. The second-order valence-electron chi connectivity index (χ2n) is 14.5. The summed E-state index contributed by atoms with van der Waals surface area (Å²) in [4.78, 5) is 12.5. The molecular formula is C31H44O7. The number of carbonyl (C=O) groups excluding carboxylic acids is 1. The fourth-order valence-electron chi connectivity index (χ4n) is 10.1. The van der Waals surface area contributed by atoms with Gasteiger partial charge in [0.15, 0.2) is 0 Å². The molecule has 6 rings (SSSR count). The molecule has 1 spiro atoms. The average Bonchev–Trinajstić information content (AvgIpc) is 3.18. The highest BCUT2D eigenvalue weighted by molar-refractivity contribution is 5.92. The van der Waals surface area contributed by atoms with Gasteiger partial charge in [0, 0.05) is 34.8 Å². The Labute approximate surface area is 225 Å². The van der Waals surface area contributed by atoms with Crippen LogP contribution in [0.15, 0.2) is 34.4 Å². The lowest BCUT2D eigenvalue weighted by atomic mass is 9.41. The average molecular weight is 529 g/mol. The van der Waals surface area contributed by atoms with Crippen molar-refractivity contribution in [2.45, 2.75) is 117 Å². The molecule has 2 aliphatic heterocycles. The number of carbonyl (C=O) groups is 1. The Kier molecular flexibility index (Phi) is 5.21. The Balaban J connectivity index is 1.47. The van der Waals surface area contributed by atoms with E-state index in [1.54, 1.807) is 26.8 Å². The van der Waals surface area contributed by atoms with Crippen molar-refractivity contribution in [1.29, 1.82) is 0 Å². The smallest absolute Gasteiger partial charge is 0.336 e. The van der Waals surface area contributed by atoms with Gasteiger partial charge in [0.2, 0.25) is 5.79 Å². The van der Waals surface area contributed by atoms with Crippen molar-refractivity contribution in [2.24, 2.45) is 33.5 Å². The first kappa shape index (κ1) is 26.7. The van der Waals surface area contributed by atoms with Crippen molar-refractivity contribution >= 4 is 5.97 Å². The second-order valence-corrected chi connectivity index (χ2v) is 14.5. The minimum Gasteiger partial charge on any atom is -0.426 e. The molecule has 11 atom stereocenters. The van der Waals surface area contributed by atoms with Crippen LogP contribution in [0.2, 0.25) is 0 Å². The fraction of sp³-hybridized carbons (Fsp3) is 0.774. The summed E-state index contributed by atoms with van der Waals surface area (Å²) in [5.74, 6) is -0.916. The molecule has 6 aliphatic rings. The van der Waals surface area contributed by atoms with Crippen LogP contribution in [-0.2, 0) is 14.3 Å². The van der Waals surface area contributed by atoms with Crippen LogP contribution in [-0.4, -0.2) is 62.2 Å². The minimum absolute atomic E-state index is 0.126. The predicted octanol–water partition coefficient (Wildman–Crippen LogP) is 3.55. The van der Waals surface area contributed by atoms with Crippen molar-refractivity contribution in [1.82, 2.24) is 0 Å². The summed E-state index contributed by atoms with van der Waals surface area (Å²) < 4.78 is 12.7. The number of hydrogen-bond acceptors (Lipinski definition) is 7. The summed E-state index contributed by atoms with van der Waals surface area (Å²) in [5, 5.41) is 46.3. The van der Waals surface area contributed by atoms with Gasteiger partial charge >= 0.3 is 5.97 Å². The SMILES string of the molecule is CC1=C(C)C2(CC(C)C3C(CC4(C)C5=CC(O)C6(O)C(C)(C)C(O)CC(O)C6(C)C5=CCC34C)O2)OC1=O. The van der Waals surface area contributed by atoms with Crippen LogP contribution < -0.4 is 0 Å². The second kappa shape index (κ2) is 7.41. The Morgan fingerprint density at radius 1 is 0.974 bits per heavy atom. The number of rotatable bonds is 0. The number of fused-ring (bicyclic) bond motifs is 7. The summed E-state index contributed by atoms with van der Waals surface area (Å²) in [6.07, 6.45) is 2.70. The van der Waals surface area contributed by atoms with Gasteiger partial charge < -0.3 is 29.9 Å². The molecule has 4 N–H and O–H groups in total. The van der Waals surface area contributed by atoms with Crippen LogP contribution >= 0.6 is 0 Å². The van der Waals surface area contributed by atoms with E-state index in [9.17, 15) is 25.2 Å². The van der Waals surface area contributed by atoms with Crippen LogP contribution in [0.3, 0.4) is 0 Å². The maximum atomic E-state index is 12.5. The topological polar surface area (TPSA) is 116 Å². The van der Waals surface area contributed by atoms with Crippen molar-refractivity contribution in [3.63, 3.8) is 0 Å². The molecule has 0 aromatic rings. The van der Waals surface area contributed by atoms with Crippen molar-refractivity contribution in [2.75, 3.05) is 0 Å². The normalized spacial score (nSPS) is 55.0. The molecule has 0 radical (unpaired) electrons. The quantitative estimate of drug-likeness (QED) is 0.355. The van der Waals surface area contributed by atoms with Gasteiger partial charge in [-0.05, 0) is 61.2 Å². The summed E-state index contributed by atoms with van der Waals surface area (Å²) in [6.45, 7) is 15.9. The monoisotopic (exact) mass is 528 g/mol. The molecule has 2 saturated carbocycles. The molecule has 11 unspecified atom stereocenters. The molecule has 7 heteroatoms. The largest absolute Gasteiger partial charge is 0.426 e. The van der Waals surface area contributed by atoms with Gasteiger partial charge in [-0.15, -0.1) is 0 Å². The van der Waals surface area contributed by atoms with Crippen molar-refractivity contribution < 1.29 is 34.7 Å². The first-order chi connectivity index (χ1) is 17.4. The van der Waals surface area contributed by atoms with Gasteiger partial charge in [-0.25, -0.2) is 4.79 Å². The van der Waals surface area contributed by atoms with Crippen LogP contribution in [0.1, 0.15) is 81.1 Å². The molecule has 0 aromatic heterocycles. The first-order valence-electron chi connectivity index (χ1n) is 14.2. The molecule has 3 fully saturated rings. The highest BCUT2D eigenvalue weighted by atomic mass is 16.7. The summed E-state index contributed by atoms with van der Waals surface area (Å²) in [6, 6.07) is 0. The van der Waals surface area contributed by atoms with E-state index in [0.717, 1.165) is 23.1 Å². The number of esters is 1. The number of ether oxygens (including phenoxy) is 2. The van der Waals surface area contributed by atoms with E-state index in [0.29, 0.717) is 18.4 Å². The summed E-state index contributed by atoms with van der Waals surface area (Å²) in [7, 11) is 0. The highest BCUT2D eigenvalue weighted by Crippen LogP contribution is 2.74. The lowest BCUT2D eigenvalue weighted by molar-refractivity contribution is -0.278. The summed E-state index contributed by atoms with van der Waals surface area (Å²) in [5.41, 5.74) is -1.28. The van der Waals surface area contributed by atoms with Crippen LogP contribution in [0.4, 0.5) is 0 Å². The van der Waals surface area contributed by atoms with E-state index in [1.807, 2.05) is 13.8 Å². The Bertz CT molecular complexity index is 1210. The van der Waals surface area contributed by atoms with E-state index in [-0.39, 0.29) is 35.7 Å². The van der Waals surface area contributed by atoms with Crippen molar-refractivity contribution in [3.8, 4) is 0 Å². The minimum atomic E-state index is -1.76. The third-order valence-electron chi connectivity index (χ3n) is 12.9. The zero-order chi connectivity index (χ0) is 28.0. The Morgan fingerprint density at radius 2 is 1.63 bits per heavy atom. The molecule has 1 saturated heterocycles. The van der Waals surface area contributed by atoms with Gasteiger partial charge in [-0.2, -0.15) is 0 Å². The fourth-order valence-corrected chi connectivity index (χ4v) is 10.1. The summed E-state index contributed by atoms with van der Waals surface area (Å²) >= 11 is 0. The van der Waals surface area contributed by atoms with E-state index < -0.39 is 45.9 Å². The van der Waals surface area contributed by atoms with Crippen LogP contribution in [0, 0.1) is 33.5 Å². The lowest BCUT2D eigenvalue weighted by Gasteiger charge is -2.67. The number of aliphatic hydroxyl groups is 4. The Morgan fingerprint density at radius 3 is 2.24 bits per heavy atom. The van der Waals surface area contributed by atoms with E-state index in [4.69, 9.17) is 9.47 Å². The predicted molar refractivity (Wildman–Crippen MR) is 140 cm³/mol. The third-order valence-corrected chi connectivity index (χ3v) is 12.9. The molecule has 0 amide bonds.